The molecule has 1 N–H and O–H groups in total. The minimum absolute atomic E-state index is 0.0324. The van der Waals surface area contributed by atoms with Gasteiger partial charge in [-0.2, -0.15) is 11.3 Å². The fourth-order valence-corrected chi connectivity index (χ4v) is 3.20. The Labute approximate surface area is 122 Å². The molecule has 1 aromatic heterocycles. The molecule has 110 valence electrons. The van der Waals surface area contributed by atoms with Gasteiger partial charge in [-0.15, -0.1) is 0 Å². The Morgan fingerprint density at radius 3 is 2.70 bits per heavy atom. The highest BCUT2D eigenvalue weighted by molar-refractivity contribution is 7.07. The van der Waals surface area contributed by atoms with Crippen molar-refractivity contribution in [1.29, 1.82) is 0 Å². The largest absolute Gasteiger partial charge is 0.481 e. The molecule has 2 amide bonds. The highest BCUT2D eigenvalue weighted by Crippen LogP contribution is 2.21. The quantitative estimate of drug-likeness (QED) is 0.928. The number of carboxylic acid groups (broad SMARTS) is 1. The predicted octanol–water partition coefficient (Wildman–Crippen LogP) is 2.49. The van der Waals surface area contributed by atoms with Crippen molar-refractivity contribution >= 4 is 23.3 Å². The number of carbonyl (C=O) groups is 2. The molecule has 1 aliphatic heterocycles. The van der Waals surface area contributed by atoms with E-state index in [1.165, 1.54) is 0 Å². The van der Waals surface area contributed by atoms with Gasteiger partial charge in [-0.1, -0.05) is 0 Å². The zero-order valence-electron chi connectivity index (χ0n) is 11.6. The summed E-state index contributed by atoms with van der Waals surface area (Å²) >= 11 is 1.63. The third-order valence-electron chi connectivity index (χ3n) is 3.67. The van der Waals surface area contributed by atoms with Crippen LogP contribution in [0.5, 0.6) is 0 Å². The molecule has 0 unspecified atom stereocenters. The highest BCUT2D eigenvalue weighted by Gasteiger charge is 2.26. The van der Waals surface area contributed by atoms with E-state index in [4.69, 9.17) is 5.11 Å². The van der Waals surface area contributed by atoms with Crippen LogP contribution < -0.4 is 0 Å². The molecule has 0 aromatic carbocycles. The van der Waals surface area contributed by atoms with Gasteiger partial charge in [0.1, 0.15) is 0 Å². The van der Waals surface area contributed by atoms with Gasteiger partial charge in [0.15, 0.2) is 0 Å². The van der Waals surface area contributed by atoms with E-state index in [9.17, 15) is 9.59 Å². The van der Waals surface area contributed by atoms with Gasteiger partial charge in [-0.05, 0) is 41.1 Å². The minimum Gasteiger partial charge on any atom is -0.481 e. The number of carbonyl (C=O) groups excluding carboxylic acids is 1. The van der Waals surface area contributed by atoms with E-state index in [1.807, 2.05) is 28.8 Å². The molecule has 2 heterocycles. The first kappa shape index (κ1) is 14.8. The van der Waals surface area contributed by atoms with Crippen LogP contribution in [0, 0.1) is 5.92 Å². The molecule has 20 heavy (non-hydrogen) atoms. The number of hydrogen-bond acceptors (Lipinski definition) is 3. The summed E-state index contributed by atoms with van der Waals surface area (Å²) in [4.78, 5) is 26.5. The molecule has 1 fully saturated rings. The standard InChI is InChI=1S/C14H20N2O3S/c1-15(9-12-4-7-20-10-12)14(19)16-5-2-11(3-6-16)8-13(17)18/h4,7,10-11H,2-3,5-6,8-9H2,1H3,(H,17,18). The van der Waals surface area contributed by atoms with Crippen molar-refractivity contribution < 1.29 is 14.7 Å². The molecule has 1 saturated heterocycles. The molecule has 0 saturated carbocycles. The fraction of sp³-hybridized carbons (Fsp3) is 0.571. The molecule has 1 aliphatic rings. The van der Waals surface area contributed by atoms with Crippen LogP contribution >= 0.6 is 11.3 Å². The van der Waals surface area contributed by atoms with Crippen molar-refractivity contribution in [2.75, 3.05) is 20.1 Å². The second-order valence-electron chi connectivity index (χ2n) is 5.30. The smallest absolute Gasteiger partial charge is 0.320 e. The summed E-state index contributed by atoms with van der Waals surface area (Å²) in [7, 11) is 1.81. The topological polar surface area (TPSA) is 60.9 Å². The lowest BCUT2D eigenvalue weighted by Gasteiger charge is -2.34. The van der Waals surface area contributed by atoms with Gasteiger partial charge in [-0.25, -0.2) is 4.79 Å². The van der Waals surface area contributed by atoms with Crippen LogP contribution in [-0.2, 0) is 11.3 Å². The van der Waals surface area contributed by atoms with Gasteiger partial charge in [-0.3, -0.25) is 4.79 Å². The predicted molar refractivity (Wildman–Crippen MR) is 77.7 cm³/mol. The molecule has 2 rings (SSSR count). The van der Waals surface area contributed by atoms with Crippen molar-refractivity contribution in [2.45, 2.75) is 25.8 Å². The van der Waals surface area contributed by atoms with Crippen LogP contribution in [-0.4, -0.2) is 47.0 Å². The maximum absolute atomic E-state index is 12.3. The van der Waals surface area contributed by atoms with Gasteiger partial charge in [0.05, 0.1) is 0 Å². The van der Waals surface area contributed by atoms with Gasteiger partial charge in [0.25, 0.3) is 0 Å². The van der Waals surface area contributed by atoms with Crippen molar-refractivity contribution in [2.24, 2.45) is 5.92 Å². The molecule has 0 atom stereocenters. The van der Waals surface area contributed by atoms with Gasteiger partial charge >= 0.3 is 12.0 Å². The number of aliphatic carboxylic acids is 1. The van der Waals surface area contributed by atoms with E-state index < -0.39 is 5.97 Å². The van der Waals surface area contributed by atoms with Crippen LogP contribution in [0.2, 0.25) is 0 Å². The number of carboxylic acids is 1. The summed E-state index contributed by atoms with van der Waals surface area (Å²) in [6, 6.07) is 2.05. The fourth-order valence-electron chi connectivity index (χ4n) is 2.54. The number of likely N-dealkylation sites (tertiary alicyclic amines) is 1. The lowest BCUT2D eigenvalue weighted by atomic mass is 9.94. The molecular weight excluding hydrogens is 276 g/mol. The summed E-state index contributed by atoms with van der Waals surface area (Å²) in [6.45, 7) is 1.94. The summed E-state index contributed by atoms with van der Waals surface area (Å²) in [6.07, 6.45) is 1.78. The zero-order valence-corrected chi connectivity index (χ0v) is 12.4. The van der Waals surface area contributed by atoms with Gasteiger partial charge in [0, 0.05) is 33.1 Å². The Bertz CT molecular complexity index is 453. The third-order valence-corrected chi connectivity index (χ3v) is 4.41. The minimum atomic E-state index is -0.746. The molecule has 0 aliphatic carbocycles. The Morgan fingerprint density at radius 1 is 1.45 bits per heavy atom. The number of nitrogens with zero attached hydrogens (tertiary/aromatic N) is 2. The van der Waals surface area contributed by atoms with Gasteiger partial charge in [0.2, 0.25) is 0 Å². The van der Waals surface area contributed by atoms with Crippen molar-refractivity contribution in [3.8, 4) is 0 Å². The molecule has 0 radical (unpaired) electrons. The normalized spacial score (nSPS) is 16.1. The van der Waals surface area contributed by atoms with Crippen LogP contribution in [0.25, 0.3) is 0 Å². The number of amides is 2. The molecule has 0 spiro atoms. The first-order valence-corrected chi connectivity index (χ1v) is 7.73. The van der Waals surface area contributed by atoms with Crippen LogP contribution in [0.3, 0.4) is 0 Å². The molecule has 5 nitrogen and oxygen atoms in total. The molecule has 6 heteroatoms. The van der Waals surface area contributed by atoms with Gasteiger partial charge < -0.3 is 14.9 Å². The lowest BCUT2D eigenvalue weighted by Crippen LogP contribution is -2.45. The van der Waals surface area contributed by atoms with Crippen LogP contribution in [0.15, 0.2) is 16.8 Å². The zero-order chi connectivity index (χ0) is 14.5. The van der Waals surface area contributed by atoms with Crippen molar-refractivity contribution in [3.05, 3.63) is 22.4 Å². The van der Waals surface area contributed by atoms with Crippen LogP contribution in [0.4, 0.5) is 4.79 Å². The van der Waals surface area contributed by atoms with E-state index in [0.29, 0.717) is 19.6 Å². The lowest BCUT2D eigenvalue weighted by molar-refractivity contribution is -0.138. The maximum Gasteiger partial charge on any atom is 0.320 e. The number of urea groups is 1. The average molecular weight is 296 g/mol. The Hall–Kier alpha value is -1.56. The maximum atomic E-state index is 12.3. The molecular formula is C14H20N2O3S. The highest BCUT2D eigenvalue weighted by atomic mass is 32.1. The third kappa shape index (κ3) is 3.96. The van der Waals surface area contributed by atoms with Crippen molar-refractivity contribution in [1.82, 2.24) is 9.80 Å². The number of rotatable bonds is 4. The Kier molecular flexibility index (Phi) is 5.00. The number of thiophene rings is 1. The number of piperidine rings is 1. The van der Waals surface area contributed by atoms with E-state index in [0.717, 1.165) is 18.4 Å². The summed E-state index contributed by atoms with van der Waals surface area (Å²) < 4.78 is 0. The second-order valence-corrected chi connectivity index (χ2v) is 6.08. The summed E-state index contributed by atoms with van der Waals surface area (Å²) in [5, 5.41) is 12.8. The monoisotopic (exact) mass is 296 g/mol. The van der Waals surface area contributed by atoms with Crippen molar-refractivity contribution in [3.63, 3.8) is 0 Å². The summed E-state index contributed by atoms with van der Waals surface area (Å²) in [5.74, 6) is -0.539. The first-order valence-electron chi connectivity index (χ1n) is 6.79. The average Bonchev–Trinajstić information content (AvgIpc) is 2.91. The van der Waals surface area contributed by atoms with E-state index >= 15 is 0 Å². The van der Waals surface area contributed by atoms with E-state index in [-0.39, 0.29) is 18.4 Å². The number of hydrogen-bond donors (Lipinski definition) is 1. The Morgan fingerprint density at radius 2 is 2.15 bits per heavy atom. The second kappa shape index (κ2) is 6.74. The first-order chi connectivity index (χ1) is 9.56. The van der Waals surface area contributed by atoms with Crippen LogP contribution in [0.1, 0.15) is 24.8 Å². The van der Waals surface area contributed by atoms with E-state index in [1.54, 1.807) is 16.2 Å². The summed E-state index contributed by atoms with van der Waals surface area (Å²) in [5.41, 5.74) is 1.15. The Balaban J connectivity index is 1.80. The molecule has 1 aromatic rings. The van der Waals surface area contributed by atoms with E-state index in [2.05, 4.69) is 0 Å². The SMILES string of the molecule is CN(Cc1ccsc1)C(=O)N1CCC(CC(=O)O)CC1. The molecule has 0 bridgehead atoms.